The zero-order valence-electron chi connectivity index (χ0n) is 14.6. The number of aryl methyl sites for hydroxylation is 1. The van der Waals surface area contributed by atoms with E-state index in [0.717, 1.165) is 67.9 Å². The van der Waals surface area contributed by atoms with Crippen LogP contribution in [0.3, 0.4) is 0 Å². The predicted octanol–water partition coefficient (Wildman–Crippen LogP) is 3.34. The molecule has 1 aromatic carbocycles. The second kappa shape index (κ2) is 7.44. The van der Waals surface area contributed by atoms with Crippen molar-refractivity contribution in [3.8, 4) is 11.3 Å². The molecule has 132 valence electrons. The molecular weight excluding hydrogens is 312 g/mol. The minimum Gasteiger partial charge on any atom is -0.461 e. The third-order valence-corrected chi connectivity index (χ3v) is 5.68. The first-order valence-corrected chi connectivity index (χ1v) is 9.42. The summed E-state index contributed by atoms with van der Waals surface area (Å²) < 4.78 is 5.91. The fourth-order valence-electron chi connectivity index (χ4n) is 4.13. The van der Waals surface area contributed by atoms with Gasteiger partial charge in [-0.25, -0.2) is 0 Å². The maximum atomic E-state index is 12.6. The fraction of sp³-hybridized carbons (Fsp3) is 0.476. The molecule has 2 atom stereocenters. The van der Waals surface area contributed by atoms with Crippen LogP contribution in [0.25, 0.3) is 11.3 Å². The van der Waals surface area contributed by atoms with Crippen molar-refractivity contribution >= 4 is 5.91 Å². The van der Waals surface area contributed by atoms with Gasteiger partial charge in [0.25, 0.3) is 0 Å². The molecule has 4 nitrogen and oxygen atoms in total. The zero-order chi connectivity index (χ0) is 17.1. The minimum absolute atomic E-state index is 0.269. The standard InChI is InChI=1S/C21H26N2O2/c24-21(23-12-10-17-14-22-15-18(17)11-13-23)9-7-19-6-8-20(25-19)16-4-2-1-3-5-16/h1-6,8,17-18,22H,7,9-15H2/t17-,18+. The molecule has 0 unspecified atom stereocenters. The lowest BCUT2D eigenvalue weighted by atomic mass is 9.92. The summed E-state index contributed by atoms with van der Waals surface area (Å²) in [5, 5.41) is 3.48. The van der Waals surface area contributed by atoms with Gasteiger partial charge in [0.05, 0.1) is 0 Å². The number of nitrogens with one attached hydrogen (secondary N) is 1. The Hall–Kier alpha value is -2.07. The Labute approximate surface area is 149 Å². The molecule has 0 bridgehead atoms. The van der Waals surface area contributed by atoms with Crippen LogP contribution in [0.4, 0.5) is 0 Å². The lowest BCUT2D eigenvalue weighted by Gasteiger charge is -2.20. The van der Waals surface area contributed by atoms with Gasteiger partial charge in [-0.2, -0.15) is 0 Å². The smallest absolute Gasteiger partial charge is 0.223 e. The van der Waals surface area contributed by atoms with E-state index in [4.69, 9.17) is 4.42 Å². The highest BCUT2D eigenvalue weighted by Gasteiger charge is 2.31. The number of fused-ring (bicyclic) bond motifs is 1. The molecule has 1 amide bonds. The first-order valence-electron chi connectivity index (χ1n) is 9.42. The van der Waals surface area contributed by atoms with Crippen LogP contribution in [0.2, 0.25) is 0 Å². The molecule has 25 heavy (non-hydrogen) atoms. The van der Waals surface area contributed by atoms with Gasteiger partial charge >= 0.3 is 0 Å². The quantitative estimate of drug-likeness (QED) is 0.930. The molecule has 2 fully saturated rings. The number of furan rings is 1. The lowest BCUT2D eigenvalue weighted by Crippen LogP contribution is -2.32. The monoisotopic (exact) mass is 338 g/mol. The second-order valence-corrected chi connectivity index (χ2v) is 7.27. The first-order chi connectivity index (χ1) is 12.3. The minimum atomic E-state index is 0.269. The number of hydrogen-bond donors (Lipinski definition) is 1. The van der Waals surface area contributed by atoms with Crippen LogP contribution in [-0.2, 0) is 11.2 Å². The summed E-state index contributed by atoms with van der Waals surface area (Å²) in [5.74, 6) is 3.56. The van der Waals surface area contributed by atoms with Crippen LogP contribution in [0.15, 0.2) is 46.9 Å². The van der Waals surface area contributed by atoms with Crippen LogP contribution < -0.4 is 5.32 Å². The van der Waals surface area contributed by atoms with Crippen LogP contribution in [0, 0.1) is 11.8 Å². The Morgan fingerprint density at radius 3 is 2.48 bits per heavy atom. The molecule has 2 aromatic rings. The van der Waals surface area contributed by atoms with Crippen molar-refractivity contribution in [1.82, 2.24) is 10.2 Å². The Balaban J connectivity index is 1.31. The average Bonchev–Trinajstić information content (AvgIpc) is 3.26. The van der Waals surface area contributed by atoms with Crippen molar-refractivity contribution in [2.24, 2.45) is 11.8 Å². The number of amides is 1. The van der Waals surface area contributed by atoms with Gasteiger partial charge in [0.15, 0.2) is 0 Å². The third kappa shape index (κ3) is 3.79. The van der Waals surface area contributed by atoms with E-state index in [9.17, 15) is 4.79 Å². The van der Waals surface area contributed by atoms with E-state index >= 15 is 0 Å². The molecular formula is C21H26N2O2. The molecule has 2 aliphatic rings. The summed E-state index contributed by atoms with van der Waals surface area (Å²) in [6, 6.07) is 14.1. The Morgan fingerprint density at radius 1 is 1.04 bits per heavy atom. The van der Waals surface area contributed by atoms with Gasteiger partial charge in [-0.3, -0.25) is 4.79 Å². The number of nitrogens with zero attached hydrogens (tertiary/aromatic N) is 1. The van der Waals surface area contributed by atoms with Gasteiger partial charge in [0, 0.05) is 31.5 Å². The van der Waals surface area contributed by atoms with Crippen LogP contribution in [0.1, 0.15) is 25.0 Å². The SMILES string of the molecule is O=C(CCc1ccc(-c2ccccc2)o1)N1CC[C@@H]2CNC[C@@H]2CC1. The van der Waals surface area contributed by atoms with Gasteiger partial charge in [-0.15, -0.1) is 0 Å². The summed E-state index contributed by atoms with van der Waals surface area (Å²) in [6.45, 7) is 4.08. The Bertz CT molecular complexity index is 696. The van der Waals surface area contributed by atoms with Crippen LogP contribution in [0.5, 0.6) is 0 Å². The molecule has 4 rings (SSSR count). The van der Waals surface area contributed by atoms with Gasteiger partial charge in [0.1, 0.15) is 11.5 Å². The topological polar surface area (TPSA) is 45.5 Å². The van der Waals surface area contributed by atoms with E-state index in [0.29, 0.717) is 12.8 Å². The van der Waals surface area contributed by atoms with Crippen molar-refractivity contribution in [2.75, 3.05) is 26.2 Å². The van der Waals surface area contributed by atoms with E-state index in [1.807, 2.05) is 42.5 Å². The third-order valence-electron chi connectivity index (χ3n) is 5.68. The molecule has 1 aromatic heterocycles. The van der Waals surface area contributed by atoms with Crippen molar-refractivity contribution in [2.45, 2.75) is 25.7 Å². The summed E-state index contributed by atoms with van der Waals surface area (Å²) in [7, 11) is 0. The molecule has 0 saturated carbocycles. The number of hydrogen-bond acceptors (Lipinski definition) is 3. The molecule has 0 radical (unpaired) electrons. The van der Waals surface area contributed by atoms with Crippen molar-refractivity contribution in [3.63, 3.8) is 0 Å². The summed E-state index contributed by atoms with van der Waals surface area (Å²) >= 11 is 0. The first kappa shape index (κ1) is 16.4. The van der Waals surface area contributed by atoms with Crippen molar-refractivity contribution in [1.29, 1.82) is 0 Å². The molecule has 4 heteroatoms. The molecule has 3 heterocycles. The number of benzene rings is 1. The molecule has 2 saturated heterocycles. The van der Waals surface area contributed by atoms with Crippen molar-refractivity contribution in [3.05, 3.63) is 48.2 Å². The highest BCUT2D eigenvalue weighted by molar-refractivity contribution is 5.76. The van der Waals surface area contributed by atoms with E-state index in [-0.39, 0.29) is 5.91 Å². The number of carbonyl (C=O) groups excluding carboxylic acids is 1. The average molecular weight is 338 g/mol. The fourth-order valence-corrected chi connectivity index (χ4v) is 4.13. The normalized spacial score (nSPS) is 23.3. The van der Waals surface area contributed by atoms with Crippen LogP contribution in [-0.4, -0.2) is 37.0 Å². The van der Waals surface area contributed by atoms with Gasteiger partial charge in [0.2, 0.25) is 5.91 Å². The van der Waals surface area contributed by atoms with Gasteiger partial charge in [-0.05, 0) is 49.9 Å². The maximum absolute atomic E-state index is 12.6. The van der Waals surface area contributed by atoms with Gasteiger partial charge < -0.3 is 14.6 Å². The zero-order valence-corrected chi connectivity index (χ0v) is 14.6. The van der Waals surface area contributed by atoms with Gasteiger partial charge in [-0.1, -0.05) is 30.3 Å². The highest BCUT2D eigenvalue weighted by Crippen LogP contribution is 2.27. The Morgan fingerprint density at radius 2 is 1.76 bits per heavy atom. The lowest BCUT2D eigenvalue weighted by molar-refractivity contribution is -0.131. The van der Waals surface area contributed by atoms with E-state index in [1.165, 1.54) is 0 Å². The largest absolute Gasteiger partial charge is 0.461 e. The van der Waals surface area contributed by atoms with Crippen LogP contribution >= 0.6 is 0 Å². The molecule has 2 aliphatic heterocycles. The molecule has 0 aliphatic carbocycles. The Kier molecular flexibility index (Phi) is 4.88. The van der Waals surface area contributed by atoms with Crippen molar-refractivity contribution < 1.29 is 9.21 Å². The van der Waals surface area contributed by atoms with E-state index in [2.05, 4.69) is 10.2 Å². The van der Waals surface area contributed by atoms with E-state index < -0.39 is 0 Å². The number of rotatable bonds is 4. The molecule has 0 spiro atoms. The summed E-state index contributed by atoms with van der Waals surface area (Å²) in [5.41, 5.74) is 1.08. The summed E-state index contributed by atoms with van der Waals surface area (Å²) in [4.78, 5) is 14.7. The number of likely N-dealkylation sites (tertiary alicyclic amines) is 1. The van der Waals surface area contributed by atoms with E-state index in [1.54, 1.807) is 0 Å². The number of carbonyl (C=O) groups is 1. The highest BCUT2D eigenvalue weighted by atomic mass is 16.3. The summed E-state index contributed by atoms with van der Waals surface area (Å²) in [6.07, 6.45) is 3.50. The molecule has 1 N–H and O–H groups in total. The predicted molar refractivity (Wildman–Crippen MR) is 98.1 cm³/mol. The maximum Gasteiger partial charge on any atom is 0.223 e. The second-order valence-electron chi connectivity index (χ2n) is 7.27.